The van der Waals surface area contributed by atoms with Crippen LogP contribution in [0.25, 0.3) is 0 Å². The lowest BCUT2D eigenvalue weighted by molar-refractivity contribution is -0.120. The van der Waals surface area contributed by atoms with Crippen LogP contribution in [0.1, 0.15) is 12.8 Å². The van der Waals surface area contributed by atoms with Gasteiger partial charge < -0.3 is 11.1 Å². The molecule has 104 valence electrons. The van der Waals surface area contributed by atoms with Crippen molar-refractivity contribution in [3.63, 3.8) is 0 Å². The quantitative estimate of drug-likeness (QED) is 0.838. The molecule has 0 aliphatic heterocycles. The monoisotopic (exact) mass is 290 g/mol. The van der Waals surface area contributed by atoms with Crippen LogP contribution < -0.4 is 11.1 Å². The number of para-hydroxylation sites is 1. The molecule has 0 atom stereocenters. The number of nitrogens with two attached hydrogens (primary N) is 1. The molecule has 19 heavy (non-hydrogen) atoms. The van der Waals surface area contributed by atoms with E-state index in [0.717, 1.165) is 0 Å². The molecule has 1 amide bonds. The molecule has 0 heterocycles. The molecule has 1 aliphatic carbocycles. The summed E-state index contributed by atoms with van der Waals surface area (Å²) in [6.45, 7) is 0.216. The van der Waals surface area contributed by atoms with Crippen molar-refractivity contribution in [2.75, 3.05) is 11.9 Å². The van der Waals surface area contributed by atoms with Gasteiger partial charge in [-0.25, -0.2) is 0 Å². The minimum Gasteiger partial charge on any atom is -0.329 e. The number of carbonyl (C=O) groups is 1. The molecule has 0 radical (unpaired) electrons. The summed E-state index contributed by atoms with van der Waals surface area (Å²) in [7, 11) is 0. The largest absolute Gasteiger partial charge is 0.446 e. The Morgan fingerprint density at radius 2 is 2.00 bits per heavy atom. The van der Waals surface area contributed by atoms with E-state index in [4.69, 9.17) is 5.73 Å². The maximum Gasteiger partial charge on any atom is 0.446 e. The van der Waals surface area contributed by atoms with E-state index in [2.05, 4.69) is 5.32 Å². The molecule has 0 spiro atoms. The number of thioether (sulfide) groups is 1. The van der Waals surface area contributed by atoms with E-state index in [1.54, 1.807) is 6.07 Å². The van der Waals surface area contributed by atoms with Crippen molar-refractivity contribution < 1.29 is 18.0 Å². The molecule has 1 aromatic carbocycles. The van der Waals surface area contributed by atoms with Crippen LogP contribution in [0.5, 0.6) is 0 Å². The number of hydrogen-bond donors (Lipinski definition) is 2. The van der Waals surface area contributed by atoms with Crippen molar-refractivity contribution in [2.24, 2.45) is 11.1 Å². The number of anilines is 1. The van der Waals surface area contributed by atoms with Gasteiger partial charge in [0, 0.05) is 11.4 Å². The SMILES string of the molecule is NCC1(C(=O)Nc2ccccc2SC(F)(F)F)CC1. The standard InChI is InChI=1S/C12H13F3N2OS/c13-12(14,15)19-9-4-2-1-3-8(9)17-10(18)11(7-16)5-6-11/h1-4H,5-7,16H2,(H,17,18). The van der Waals surface area contributed by atoms with E-state index < -0.39 is 10.9 Å². The van der Waals surface area contributed by atoms with Crippen molar-refractivity contribution >= 4 is 23.4 Å². The van der Waals surface area contributed by atoms with Crippen LogP contribution >= 0.6 is 11.8 Å². The molecule has 0 bridgehead atoms. The van der Waals surface area contributed by atoms with E-state index in [0.29, 0.717) is 12.8 Å². The molecule has 0 unspecified atom stereocenters. The summed E-state index contributed by atoms with van der Waals surface area (Å²) < 4.78 is 37.2. The third-order valence-electron chi connectivity index (χ3n) is 3.09. The van der Waals surface area contributed by atoms with Gasteiger partial charge >= 0.3 is 5.51 Å². The summed E-state index contributed by atoms with van der Waals surface area (Å²) >= 11 is -0.238. The van der Waals surface area contributed by atoms with Gasteiger partial charge in [-0.15, -0.1) is 0 Å². The average Bonchev–Trinajstić information content (AvgIpc) is 3.10. The van der Waals surface area contributed by atoms with Gasteiger partial charge in [0.15, 0.2) is 0 Å². The molecule has 2 rings (SSSR count). The molecule has 3 nitrogen and oxygen atoms in total. The Kier molecular flexibility index (Phi) is 3.78. The van der Waals surface area contributed by atoms with Gasteiger partial charge in [0.1, 0.15) is 0 Å². The van der Waals surface area contributed by atoms with E-state index in [1.165, 1.54) is 18.2 Å². The van der Waals surface area contributed by atoms with Crippen molar-refractivity contribution in [3.05, 3.63) is 24.3 Å². The Labute approximate surface area is 112 Å². The Morgan fingerprint density at radius 1 is 1.37 bits per heavy atom. The van der Waals surface area contributed by atoms with Gasteiger partial charge in [-0.2, -0.15) is 13.2 Å². The maximum absolute atomic E-state index is 12.4. The Morgan fingerprint density at radius 3 is 2.53 bits per heavy atom. The van der Waals surface area contributed by atoms with Crippen molar-refractivity contribution in [1.82, 2.24) is 0 Å². The molecule has 1 fully saturated rings. The Hall–Kier alpha value is -1.21. The van der Waals surface area contributed by atoms with E-state index in [1.807, 2.05) is 0 Å². The van der Waals surface area contributed by atoms with Crippen LogP contribution in [0, 0.1) is 5.41 Å². The summed E-state index contributed by atoms with van der Waals surface area (Å²) in [5, 5.41) is 2.55. The van der Waals surface area contributed by atoms with E-state index in [-0.39, 0.29) is 34.8 Å². The summed E-state index contributed by atoms with van der Waals surface area (Å²) in [6, 6.07) is 5.87. The minimum atomic E-state index is -4.38. The fourth-order valence-electron chi connectivity index (χ4n) is 1.71. The highest BCUT2D eigenvalue weighted by Crippen LogP contribution is 2.46. The normalized spacial score (nSPS) is 17.1. The second kappa shape index (κ2) is 5.05. The van der Waals surface area contributed by atoms with Crippen LogP contribution in [0.15, 0.2) is 29.2 Å². The second-order valence-electron chi connectivity index (χ2n) is 4.48. The minimum absolute atomic E-state index is 0.0174. The van der Waals surface area contributed by atoms with Crippen molar-refractivity contribution in [2.45, 2.75) is 23.2 Å². The fraction of sp³-hybridized carbons (Fsp3) is 0.417. The predicted molar refractivity (Wildman–Crippen MR) is 67.7 cm³/mol. The summed E-state index contributed by atoms with van der Waals surface area (Å²) in [6.07, 6.45) is 1.37. The van der Waals surface area contributed by atoms with Crippen molar-refractivity contribution in [1.29, 1.82) is 0 Å². The van der Waals surface area contributed by atoms with Crippen LogP contribution in [-0.2, 0) is 4.79 Å². The number of rotatable bonds is 4. The van der Waals surface area contributed by atoms with Gasteiger partial charge in [0.2, 0.25) is 5.91 Å². The smallest absolute Gasteiger partial charge is 0.329 e. The van der Waals surface area contributed by atoms with Crippen LogP contribution in [0.4, 0.5) is 18.9 Å². The predicted octanol–water partition coefficient (Wildman–Crippen LogP) is 2.98. The lowest BCUT2D eigenvalue weighted by atomic mass is 10.1. The molecular weight excluding hydrogens is 277 g/mol. The summed E-state index contributed by atoms with van der Waals surface area (Å²) in [5.74, 6) is -0.301. The zero-order valence-corrected chi connectivity index (χ0v) is 10.8. The number of amides is 1. The highest BCUT2D eigenvalue weighted by atomic mass is 32.2. The zero-order chi connectivity index (χ0) is 14.1. The topological polar surface area (TPSA) is 55.1 Å². The molecule has 3 N–H and O–H groups in total. The Balaban J connectivity index is 2.14. The summed E-state index contributed by atoms with van der Waals surface area (Å²) in [5.41, 5.74) is 0.722. The van der Waals surface area contributed by atoms with Crippen LogP contribution in [-0.4, -0.2) is 18.0 Å². The molecule has 1 aliphatic rings. The lowest BCUT2D eigenvalue weighted by Crippen LogP contribution is -2.31. The van der Waals surface area contributed by atoms with Gasteiger partial charge in [0.05, 0.1) is 11.1 Å². The first-order chi connectivity index (χ1) is 8.86. The first kappa shape index (κ1) is 14.2. The first-order valence-corrected chi connectivity index (χ1v) is 6.54. The van der Waals surface area contributed by atoms with E-state index >= 15 is 0 Å². The fourth-order valence-corrected chi connectivity index (χ4v) is 2.34. The highest BCUT2D eigenvalue weighted by Gasteiger charge is 2.48. The third-order valence-corrected chi connectivity index (χ3v) is 3.89. The first-order valence-electron chi connectivity index (χ1n) is 5.73. The summed E-state index contributed by atoms with van der Waals surface area (Å²) in [4.78, 5) is 11.9. The van der Waals surface area contributed by atoms with Gasteiger partial charge in [-0.3, -0.25) is 4.79 Å². The molecular formula is C12H13F3N2OS. The average molecular weight is 290 g/mol. The highest BCUT2D eigenvalue weighted by molar-refractivity contribution is 8.00. The molecule has 0 saturated heterocycles. The molecule has 7 heteroatoms. The molecule has 1 aromatic rings. The number of carbonyl (C=O) groups excluding carboxylic acids is 1. The number of hydrogen-bond acceptors (Lipinski definition) is 3. The number of halogens is 3. The van der Waals surface area contributed by atoms with Gasteiger partial charge in [-0.1, -0.05) is 12.1 Å². The van der Waals surface area contributed by atoms with Crippen LogP contribution in [0.3, 0.4) is 0 Å². The molecule has 1 saturated carbocycles. The number of benzene rings is 1. The lowest BCUT2D eigenvalue weighted by Gasteiger charge is -2.16. The van der Waals surface area contributed by atoms with Gasteiger partial charge in [0.25, 0.3) is 0 Å². The van der Waals surface area contributed by atoms with E-state index in [9.17, 15) is 18.0 Å². The Bertz CT molecular complexity index is 486. The number of nitrogens with one attached hydrogen (secondary N) is 1. The third kappa shape index (κ3) is 3.42. The number of alkyl halides is 3. The van der Waals surface area contributed by atoms with Crippen LogP contribution in [0.2, 0.25) is 0 Å². The second-order valence-corrected chi connectivity index (χ2v) is 5.59. The molecule has 0 aromatic heterocycles. The maximum atomic E-state index is 12.4. The van der Waals surface area contributed by atoms with Gasteiger partial charge in [-0.05, 0) is 36.7 Å². The zero-order valence-electron chi connectivity index (χ0n) is 9.96. The van der Waals surface area contributed by atoms with Crippen molar-refractivity contribution in [3.8, 4) is 0 Å².